The summed E-state index contributed by atoms with van der Waals surface area (Å²) in [4.78, 5) is 26.3. The molecule has 1 amide bonds. The molecule has 0 spiro atoms. The maximum atomic E-state index is 12.9. The molecule has 148 valence electrons. The predicted molar refractivity (Wildman–Crippen MR) is 93.9 cm³/mol. The Kier molecular flexibility index (Phi) is 4.39. The zero-order valence-electron chi connectivity index (χ0n) is 15.5. The quantitative estimate of drug-likeness (QED) is 0.799. The Bertz CT molecular complexity index is 764. The lowest BCUT2D eigenvalue weighted by Gasteiger charge is -2.57. The van der Waals surface area contributed by atoms with Gasteiger partial charge in [0.15, 0.2) is 0 Å². The van der Waals surface area contributed by atoms with Crippen LogP contribution in [-0.2, 0) is 17.5 Å². The molecule has 1 aromatic rings. The third kappa shape index (κ3) is 3.52. The Balaban J connectivity index is 1.46. The Morgan fingerprint density at radius 2 is 1.74 bits per heavy atom. The number of pyridine rings is 1. The number of amides is 1. The molecule has 1 aromatic heterocycles. The van der Waals surface area contributed by atoms with Gasteiger partial charge < -0.3 is 9.47 Å². The van der Waals surface area contributed by atoms with Gasteiger partial charge in [0.05, 0.1) is 0 Å². The lowest BCUT2D eigenvalue weighted by atomic mass is 9.49. The number of likely N-dealkylation sites (N-methyl/N-ethyl adjacent to an activating group) is 1. The maximum absolute atomic E-state index is 12.9. The summed E-state index contributed by atoms with van der Waals surface area (Å²) >= 11 is 0. The van der Waals surface area contributed by atoms with Crippen molar-refractivity contribution in [3.63, 3.8) is 0 Å². The predicted octanol–water partition coefficient (Wildman–Crippen LogP) is 3.54. The second-order valence-corrected chi connectivity index (χ2v) is 9.02. The molecule has 4 fully saturated rings. The van der Waals surface area contributed by atoms with E-state index in [-0.39, 0.29) is 17.9 Å². The van der Waals surface area contributed by atoms with Gasteiger partial charge in [-0.3, -0.25) is 9.59 Å². The van der Waals surface area contributed by atoms with Crippen molar-refractivity contribution in [1.29, 1.82) is 0 Å². The lowest BCUT2D eigenvalue weighted by Crippen LogP contribution is -2.52. The van der Waals surface area contributed by atoms with Crippen molar-refractivity contribution in [3.8, 4) is 0 Å². The number of carbonyl (C=O) groups excluding carboxylic acids is 1. The molecule has 4 aliphatic rings. The van der Waals surface area contributed by atoms with Gasteiger partial charge in [0.1, 0.15) is 12.1 Å². The second kappa shape index (κ2) is 6.38. The van der Waals surface area contributed by atoms with Crippen LogP contribution in [0.4, 0.5) is 13.2 Å². The molecule has 5 rings (SSSR count). The zero-order valence-corrected chi connectivity index (χ0v) is 15.5. The lowest BCUT2D eigenvalue weighted by molar-refractivity contribution is -0.140. The van der Waals surface area contributed by atoms with Gasteiger partial charge in [-0.2, -0.15) is 13.2 Å². The van der Waals surface area contributed by atoms with E-state index in [0.717, 1.165) is 53.7 Å². The highest BCUT2D eigenvalue weighted by molar-refractivity contribution is 5.75. The van der Waals surface area contributed by atoms with E-state index in [1.807, 2.05) is 0 Å². The third-order valence-corrected chi connectivity index (χ3v) is 6.79. The van der Waals surface area contributed by atoms with E-state index >= 15 is 0 Å². The van der Waals surface area contributed by atoms with Crippen molar-refractivity contribution in [3.05, 3.63) is 34.2 Å². The van der Waals surface area contributed by atoms with Crippen LogP contribution in [-0.4, -0.2) is 29.0 Å². The van der Waals surface area contributed by atoms with Gasteiger partial charge in [0.25, 0.3) is 5.56 Å². The number of carbonyl (C=O) groups is 1. The minimum absolute atomic E-state index is 0.165. The average Bonchev–Trinajstić information content (AvgIpc) is 2.53. The molecule has 0 radical (unpaired) electrons. The number of hydrogen-bond donors (Lipinski definition) is 0. The standard InChI is InChI=1S/C20H25F3N2O2/c1-24(12-19-8-13-5-14(9-19)7-15(6-13)10-19)17(26)11-25-4-2-3-16(18(25)27)20(21,22)23/h2-4,13-15H,5-12H2,1H3. The van der Waals surface area contributed by atoms with Gasteiger partial charge in [-0.1, -0.05) is 0 Å². The first-order valence-corrected chi connectivity index (χ1v) is 9.66. The van der Waals surface area contributed by atoms with Crippen LogP contribution in [0.2, 0.25) is 0 Å². The van der Waals surface area contributed by atoms with Crippen molar-refractivity contribution in [2.45, 2.75) is 51.2 Å². The highest BCUT2D eigenvalue weighted by Gasteiger charge is 2.51. The highest BCUT2D eigenvalue weighted by Crippen LogP contribution is 2.60. The molecule has 7 heteroatoms. The van der Waals surface area contributed by atoms with Crippen molar-refractivity contribution in [1.82, 2.24) is 9.47 Å². The molecular weight excluding hydrogens is 357 g/mol. The molecule has 0 saturated heterocycles. The molecule has 4 bridgehead atoms. The number of alkyl halides is 3. The van der Waals surface area contributed by atoms with E-state index in [4.69, 9.17) is 0 Å². The molecule has 4 saturated carbocycles. The van der Waals surface area contributed by atoms with Gasteiger partial charge in [0, 0.05) is 19.8 Å². The van der Waals surface area contributed by atoms with E-state index < -0.39 is 17.3 Å². The van der Waals surface area contributed by atoms with E-state index in [2.05, 4.69) is 0 Å². The molecular formula is C20H25F3N2O2. The van der Waals surface area contributed by atoms with Gasteiger partial charge in [0.2, 0.25) is 5.91 Å². The summed E-state index contributed by atoms with van der Waals surface area (Å²) in [5.41, 5.74) is -2.24. The smallest absolute Gasteiger partial charge is 0.344 e. The summed E-state index contributed by atoms with van der Waals surface area (Å²) < 4.78 is 39.6. The van der Waals surface area contributed by atoms with Gasteiger partial charge in [-0.25, -0.2) is 0 Å². The number of hydrogen-bond acceptors (Lipinski definition) is 2. The largest absolute Gasteiger partial charge is 0.421 e. The summed E-state index contributed by atoms with van der Waals surface area (Å²) in [6, 6.07) is 1.92. The van der Waals surface area contributed by atoms with Gasteiger partial charge in [-0.15, -0.1) is 0 Å². The van der Waals surface area contributed by atoms with E-state index in [1.54, 1.807) is 11.9 Å². The summed E-state index contributed by atoms with van der Waals surface area (Å²) in [6.45, 7) is 0.286. The first-order chi connectivity index (χ1) is 12.7. The third-order valence-electron chi connectivity index (χ3n) is 6.79. The summed E-state index contributed by atoms with van der Waals surface area (Å²) in [7, 11) is 1.71. The van der Waals surface area contributed by atoms with Crippen LogP contribution in [0.15, 0.2) is 23.1 Å². The molecule has 0 N–H and O–H groups in total. The van der Waals surface area contributed by atoms with E-state index in [1.165, 1.54) is 25.5 Å². The van der Waals surface area contributed by atoms with Crippen LogP contribution in [0.3, 0.4) is 0 Å². The molecule has 1 heterocycles. The number of aromatic nitrogens is 1. The topological polar surface area (TPSA) is 42.3 Å². The Hall–Kier alpha value is -1.79. The van der Waals surface area contributed by atoms with Crippen LogP contribution < -0.4 is 5.56 Å². The van der Waals surface area contributed by atoms with Crippen LogP contribution in [0.1, 0.15) is 44.1 Å². The molecule has 0 atom stereocenters. The fourth-order valence-corrected chi connectivity index (χ4v) is 6.22. The average molecular weight is 382 g/mol. The van der Waals surface area contributed by atoms with Crippen molar-refractivity contribution >= 4 is 5.91 Å². The summed E-state index contributed by atoms with van der Waals surface area (Å²) in [5.74, 6) is 2.00. The number of halogens is 3. The fourth-order valence-electron chi connectivity index (χ4n) is 6.22. The summed E-state index contributed by atoms with van der Waals surface area (Å²) in [5, 5.41) is 0. The van der Waals surface area contributed by atoms with Crippen LogP contribution in [0, 0.1) is 23.2 Å². The van der Waals surface area contributed by atoms with Crippen LogP contribution in [0.25, 0.3) is 0 Å². The second-order valence-electron chi connectivity index (χ2n) is 9.02. The fraction of sp³-hybridized carbons (Fsp3) is 0.700. The molecule has 4 nitrogen and oxygen atoms in total. The molecule has 27 heavy (non-hydrogen) atoms. The van der Waals surface area contributed by atoms with E-state index in [0.29, 0.717) is 6.54 Å². The monoisotopic (exact) mass is 382 g/mol. The summed E-state index contributed by atoms with van der Waals surface area (Å²) in [6.07, 6.45) is 3.94. The van der Waals surface area contributed by atoms with Gasteiger partial charge >= 0.3 is 6.18 Å². The van der Waals surface area contributed by atoms with Gasteiger partial charge in [-0.05, 0) is 73.8 Å². The SMILES string of the molecule is CN(CC12CC3CC(CC(C3)C1)C2)C(=O)Cn1cccc(C(F)(F)F)c1=O. The molecule has 0 aliphatic heterocycles. The Labute approximate surface area is 156 Å². The van der Waals surface area contributed by atoms with Crippen LogP contribution >= 0.6 is 0 Å². The van der Waals surface area contributed by atoms with Crippen molar-refractivity contribution in [2.24, 2.45) is 23.2 Å². The maximum Gasteiger partial charge on any atom is 0.421 e. The normalized spacial score (nSPS) is 31.9. The Morgan fingerprint density at radius 1 is 1.19 bits per heavy atom. The Morgan fingerprint density at radius 3 is 2.26 bits per heavy atom. The minimum Gasteiger partial charge on any atom is -0.344 e. The minimum atomic E-state index is -4.71. The first-order valence-electron chi connectivity index (χ1n) is 9.66. The molecule has 0 unspecified atom stereocenters. The first kappa shape index (κ1) is 18.6. The van der Waals surface area contributed by atoms with Crippen molar-refractivity contribution < 1.29 is 18.0 Å². The van der Waals surface area contributed by atoms with Crippen molar-refractivity contribution in [2.75, 3.05) is 13.6 Å². The van der Waals surface area contributed by atoms with E-state index in [9.17, 15) is 22.8 Å². The zero-order chi connectivity index (χ0) is 19.4. The number of nitrogens with zero attached hydrogens (tertiary/aromatic N) is 2. The number of rotatable bonds is 4. The van der Waals surface area contributed by atoms with Crippen LogP contribution in [0.5, 0.6) is 0 Å². The highest BCUT2D eigenvalue weighted by atomic mass is 19.4. The molecule has 4 aliphatic carbocycles. The molecule has 0 aromatic carbocycles.